The Morgan fingerprint density at radius 1 is 1.38 bits per heavy atom. The Kier molecular flexibility index (Phi) is 2.28. The molecule has 2 aromatic rings. The average molecular weight is 195 g/mol. The van der Waals surface area contributed by atoms with Crippen LogP contribution in [0, 0.1) is 0 Å². The van der Waals surface area contributed by atoms with Crippen LogP contribution in [0.3, 0.4) is 0 Å². The number of furan rings is 1. The SMILES string of the molecule is CCC(Cl)c1cc2ccccc2o1. The highest BCUT2D eigenvalue weighted by Crippen LogP contribution is 2.29. The largest absolute Gasteiger partial charge is 0.460 e. The molecular formula is C11H11ClO. The summed E-state index contributed by atoms with van der Waals surface area (Å²) < 4.78 is 5.59. The summed E-state index contributed by atoms with van der Waals surface area (Å²) in [6.45, 7) is 2.05. The lowest BCUT2D eigenvalue weighted by Crippen LogP contribution is -1.82. The Morgan fingerprint density at radius 2 is 2.15 bits per heavy atom. The molecule has 0 fully saturated rings. The molecule has 2 heteroatoms. The van der Waals surface area contributed by atoms with Crippen LogP contribution in [0.1, 0.15) is 24.5 Å². The lowest BCUT2D eigenvalue weighted by atomic mass is 10.2. The zero-order chi connectivity index (χ0) is 9.26. The van der Waals surface area contributed by atoms with Gasteiger partial charge in [-0.15, -0.1) is 11.6 Å². The van der Waals surface area contributed by atoms with Crippen LogP contribution in [-0.2, 0) is 0 Å². The van der Waals surface area contributed by atoms with Gasteiger partial charge in [0.1, 0.15) is 11.3 Å². The molecule has 13 heavy (non-hydrogen) atoms. The van der Waals surface area contributed by atoms with Crippen LogP contribution in [0.15, 0.2) is 34.7 Å². The molecule has 0 spiro atoms. The van der Waals surface area contributed by atoms with E-state index in [1.165, 1.54) is 0 Å². The molecule has 2 rings (SSSR count). The molecule has 0 aliphatic heterocycles. The molecule has 0 amide bonds. The van der Waals surface area contributed by atoms with E-state index in [0.29, 0.717) is 0 Å². The fraction of sp³-hybridized carbons (Fsp3) is 0.273. The number of halogens is 1. The first-order valence-electron chi connectivity index (χ1n) is 4.44. The van der Waals surface area contributed by atoms with Crippen molar-refractivity contribution in [1.29, 1.82) is 0 Å². The maximum absolute atomic E-state index is 6.07. The van der Waals surface area contributed by atoms with E-state index in [0.717, 1.165) is 23.2 Å². The van der Waals surface area contributed by atoms with Crippen molar-refractivity contribution in [2.75, 3.05) is 0 Å². The highest BCUT2D eigenvalue weighted by atomic mass is 35.5. The summed E-state index contributed by atoms with van der Waals surface area (Å²) in [5, 5.41) is 1.11. The lowest BCUT2D eigenvalue weighted by molar-refractivity contribution is 0.537. The molecule has 0 saturated carbocycles. The van der Waals surface area contributed by atoms with Crippen molar-refractivity contribution in [1.82, 2.24) is 0 Å². The normalized spacial score (nSPS) is 13.4. The Labute approximate surface area is 82.3 Å². The van der Waals surface area contributed by atoms with Crippen molar-refractivity contribution in [3.8, 4) is 0 Å². The summed E-state index contributed by atoms with van der Waals surface area (Å²) in [6.07, 6.45) is 0.890. The second kappa shape index (κ2) is 3.43. The predicted octanol–water partition coefficient (Wildman–Crippen LogP) is 4.12. The Morgan fingerprint density at radius 3 is 2.85 bits per heavy atom. The number of hydrogen-bond acceptors (Lipinski definition) is 1. The third-order valence-electron chi connectivity index (χ3n) is 2.11. The van der Waals surface area contributed by atoms with Crippen LogP contribution < -0.4 is 0 Å². The minimum absolute atomic E-state index is 0.00704. The Bertz CT molecular complexity index is 372. The summed E-state index contributed by atoms with van der Waals surface area (Å²) in [5.41, 5.74) is 0.914. The molecule has 0 N–H and O–H groups in total. The lowest BCUT2D eigenvalue weighted by Gasteiger charge is -1.99. The van der Waals surface area contributed by atoms with Gasteiger partial charge in [-0.2, -0.15) is 0 Å². The topological polar surface area (TPSA) is 13.1 Å². The average Bonchev–Trinajstić information content (AvgIpc) is 2.59. The summed E-state index contributed by atoms with van der Waals surface area (Å²) in [7, 11) is 0. The Hall–Kier alpha value is -0.950. The van der Waals surface area contributed by atoms with Gasteiger partial charge in [-0.1, -0.05) is 25.1 Å². The molecule has 1 aromatic heterocycles. The molecular weight excluding hydrogens is 184 g/mol. The minimum atomic E-state index is -0.00704. The standard InChI is InChI=1S/C11H11ClO/c1-2-9(12)11-7-8-5-3-4-6-10(8)13-11/h3-7,9H,2H2,1H3. The van der Waals surface area contributed by atoms with Crippen LogP contribution in [0.4, 0.5) is 0 Å². The molecule has 68 valence electrons. The van der Waals surface area contributed by atoms with Crippen LogP contribution >= 0.6 is 11.6 Å². The zero-order valence-electron chi connectivity index (χ0n) is 7.46. The zero-order valence-corrected chi connectivity index (χ0v) is 8.21. The minimum Gasteiger partial charge on any atom is -0.460 e. The molecule has 0 aliphatic carbocycles. The van der Waals surface area contributed by atoms with E-state index >= 15 is 0 Å². The molecule has 1 nitrogen and oxygen atoms in total. The molecule has 1 atom stereocenters. The van der Waals surface area contributed by atoms with Crippen molar-refractivity contribution in [3.05, 3.63) is 36.1 Å². The van der Waals surface area contributed by atoms with Crippen molar-refractivity contribution in [3.63, 3.8) is 0 Å². The quantitative estimate of drug-likeness (QED) is 0.656. The highest BCUT2D eigenvalue weighted by Gasteiger charge is 2.10. The van der Waals surface area contributed by atoms with Crippen LogP contribution in [-0.4, -0.2) is 0 Å². The van der Waals surface area contributed by atoms with Gasteiger partial charge in [0.25, 0.3) is 0 Å². The molecule has 0 bridgehead atoms. The van der Waals surface area contributed by atoms with E-state index in [1.54, 1.807) is 0 Å². The smallest absolute Gasteiger partial charge is 0.134 e. The molecule has 1 heterocycles. The number of rotatable bonds is 2. The molecule has 0 saturated heterocycles. The number of fused-ring (bicyclic) bond motifs is 1. The summed E-state index contributed by atoms with van der Waals surface area (Å²) in [5.74, 6) is 0.866. The van der Waals surface area contributed by atoms with Gasteiger partial charge in [0.05, 0.1) is 5.38 Å². The van der Waals surface area contributed by atoms with Crippen molar-refractivity contribution < 1.29 is 4.42 Å². The second-order valence-corrected chi connectivity index (χ2v) is 3.59. The van der Waals surface area contributed by atoms with E-state index in [1.807, 2.05) is 37.3 Å². The van der Waals surface area contributed by atoms with Gasteiger partial charge in [0.2, 0.25) is 0 Å². The first-order chi connectivity index (χ1) is 6.31. The highest BCUT2D eigenvalue weighted by molar-refractivity contribution is 6.20. The van der Waals surface area contributed by atoms with Gasteiger partial charge < -0.3 is 4.42 Å². The monoisotopic (exact) mass is 194 g/mol. The number of benzene rings is 1. The molecule has 1 unspecified atom stereocenters. The maximum Gasteiger partial charge on any atom is 0.134 e. The van der Waals surface area contributed by atoms with Gasteiger partial charge in [0.15, 0.2) is 0 Å². The summed E-state index contributed by atoms with van der Waals surface area (Å²) >= 11 is 6.07. The van der Waals surface area contributed by atoms with Gasteiger partial charge >= 0.3 is 0 Å². The van der Waals surface area contributed by atoms with Crippen molar-refractivity contribution >= 4 is 22.6 Å². The maximum atomic E-state index is 6.07. The van der Waals surface area contributed by atoms with E-state index in [4.69, 9.17) is 16.0 Å². The second-order valence-electron chi connectivity index (χ2n) is 3.06. The van der Waals surface area contributed by atoms with E-state index < -0.39 is 0 Å². The van der Waals surface area contributed by atoms with Gasteiger partial charge in [-0.3, -0.25) is 0 Å². The molecule has 0 aliphatic rings. The number of alkyl halides is 1. The van der Waals surface area contributed by atoms with Gasteiger partial charge in [-0.25, -0.2) is 0 Å². The molecule has 1 aromatic carbocycles. The number of hydrogen-bond donors (Lipinski definition) is 0. The van der Waals surface area contributed by atoms with Crippen molar-refractivity contribution in [2.24, 2.45) is 0 Å². The Balaban J connectivity index is 2.49. The van der Waals surface area contributed by atoms with Crippen molar-refractivity contribution in [2.45, 2.75) is 18.7 Å². The first-order valence-corrected chi connectivity index (χ1v) is 4.87. The molecule has 0 radical (unpaired) electrons. The van der Waals surface area contributed by atoms with Gasteiger partial charge in [0, 0.05) is 5.39 Å². The number of para-hydroxylation sites is 1. The van der Waals surface area contributed by atoms with Crippen LogP contribution in [0.2, 0.25) is 0 Å². The third-order valence-corrected chi connectivity index (χ3v) is 2.64. The fourth-order valence-electron chi connectivity index (χ4n) is 1.36. The fourth-order valence-corrected chi connectivity index (χ4v) is 1.47. The predicted molar refractivity (Wildman–Crippen MR) is 55.1 cm³/mol. The van der Waals surface area contributed by atoms with E-state index in [-0.39, 0.29) is 5.38 Å². The van der Waals surface area contributed by atoms with E-state index in [2.05, 4.69) is 0 Å². The first kappa shape index (κ1) is 8.64. The van der Waals surface area contributed by atoms with E-state index in [9.17, 15) is 0 Å². The summed E-state index contributed by atoms with van der Waals surface area (Å²) in [6, 6.07) is 9.96. The third kappa shape index (κ3) is 1.56. The van der Waals surface area contributed by atoms with Crippen LogP contribution in [0.25, 0.3) is 11.0 Å². The van der Waals surface area contributed by atoms with Crippen LogP contribution in [0.5, 0.6) is 0 Å². The summed E-state index contributed by atoms with van der Waals surface area (Å²) in [4.78, 5) is 0. The van der Waals surface area contributed by atoms with Gasteiger partial charge in [-0.05, 0) is 18.6 Å².